The van der Waals surface area contributed by atoms with Crippen LogP contribution < -0.4 is 5.73 Å². The van der Waals surface area contributed by atoms with Gasteiger partial charge in [-0.3, -0.25) is 0 Å². The molecule has 4 unspecified atom stereocenters. The fraction of sp³-hybridized carbons (Fsp3) is 0.600. The molecule has 2 aliphatic carbocycles. The quantitative estimate of drug-likeness (QED) is 0.703. The van der Waals surface area contributed by atoms with E-state index in [0.717, 1.165) is 16.9 Å². The van der Waals surface area contributed by atoms with Crippen molar-refractivity contribution >= 4 is 5.69 Å². The molecule has 1 aromatic heterocycles. The number of halogens is 1. The van der Waals surface area contributed by atoms with E-state index in [-0.39, 0.29) is 12.0 Å². The zero-order valence-corrected chi connectivity index (χ0v) is 8.29. The van der Waals surface area contributed by atoms with Crippen LogP contribution in [0, 0.1) is 0 Å². The summed E-state index contributed by atoms with van der Waals surface area (Å²) in [7, 11) is 3.85. The summed E-state index contributed by atoms with van der Waals surface area (Å²) in [6.45, 7) is 0. The minimum Gasteiger partial charge on any atom is -0.397 e. The number of anilines is 1. The van der Waals surface area contributed by atoms with Crippen molar-refractivity contribution < 1.29 is 4.39 Å². The lowest BCUT2D eigenvalue weighted by Crippen LogP contribution is -2.61. The molecule has 3 N–H and O–H groups in total. The second kappa shape index (κ2) is 2.31. The number of hydrogen-bond donors (Lipinski definition) is 2. The van der Waals surface area contributed by atoms with E-state index in [1.54, 1.807) is 6.20 Å². The Morgan fingerprint density at radius 1 is 1.43 bits per heavy atom. The van der Waals surface area contributed by atoms with Crippen molar-refractivity contribution in [2.24, 2.45) is 0 Å². The van der Waals surface area contributed by atoms with Crippen molar-refractivity contribution in [2.75, 3.05) is 19.8 Å². The highest BCUT2D eigenvalue weighted by Crippen LogP contribution is 2.63. The Kier molecular flexibility index (Phi) is 1.37. The number of likely N-dealkylation sites (N-methyl/N-ethyl adjacent to an activating group) is 1. The van der Waals surface area contributed by atoms with E-state index in [0.29, 0.717) is 5.92 Å². The molecule has 0 radical (unpaired) electrons. The standard InChI is InChI=1S/C10H14FN3/c1-14(2)10-6-5-4(12)3-13-9(5)7(6)8(10)11/h3,6-8,10,13H,12H2,1-2H3. The van der Waals surface area contributed by atoms with Gasteiger partial charge in [0.15, 0.2) is 0 Å². The minimum atomic E-state index is -0.736. The SMILES string of the molecule is CN(C)C1C(F)C2c3[nH]cc(N)c3C21. The Balaban J connectivity index is 1.99. The Labute approximate surface area is 82.1 Å². The number of H-pyrrole nitrogens is 1. The van der Waals surface area contributed by atoms with E-state index in [9.17, 15) is 4.39 Å². The number of nitrogens with zero attached hydrogens (tertiary/aromatic N) is 1. The number of rotatable bonds is 1. The van der Waals surface area contributed by atoms with Crippen LogP contribution in [0.3, 0.4) is 0 Å². The third kappa shape index (κ3) is 0.683. The van der Waals surface area contributed by atoms with Crippen LogP contribution in [0.25, 0.3) is 0 Å². The molecule has 1 saturated carbocycles. The van der Waals surface area contributed by atoms with Gasteiger partial charge in [0.05, 0.1) is 5.69 Å². The van der Waals surface area contributed by atoms with Crippen LogP contribution in [-0.4, -0.2) is 36.2 Å². The van der Waals surface area contributed by atoms with Crippen molar-refractivity contribution in [1.82, 2.24) is 9.88 Å². The maximum atomic E-state index is 13.7. The molecule has 3 rings (SSSR count). The highest BCUT2D eigenvalue weighted by Gasteiger charge is 2.62. The lowest BCUT2D eigenvalue weighted by molar-refractivity contribution is -0.00647. The number of nitrogen functional groups attached to an aromatic ring is 1. The second-order valence-corrected chi connectivity index (χ2v) is 4.52. The molecule has 0 aliphatic heterocycles. The molecule has 1 aromatic rings. The van der Waals surface area contributed by atoms with E-state index in [4.69, 9.17) is 5.73 Å². The molecule has 76 valence electrons. The summed E-state index contributed by atoms with van der Waals surface area (Å²) in [4.78, 5) is 5.02. The maximum absolute atomic E-state index is 13.7. The molecule has 0 spiro atoms. The Bertz CT molecular complexity index is 385. The van der Waals surface area contributed by atoms with E-state index in [2.05, 4.69) is 4.98 Å². The van der Waals surface area contributed by atoms with Gasteiger partial charge in [0.25, 0.3) is 0 Å². The molecule has 3 nitrogen and oxygen atoms in total. The number of hydrogen-bond acceptors (Lipinski definition) is 2. The summed E-state index contributed by atoms with van der Waals surface area (Å²) in [5, 5.41) is 0. The first-order chi connectivity index (χ1) is 6.63. The van der Waals surface area contributed by atoms with Gasteiger partial charge in [0.2, 0.25) is 0 Å². The smallest absolute Gasteiger partial charge is 0.125 e. The number of aromatic nitrogens is 1. The largest absolute Gasteiger partial charge is 0.397 e. The van der Waals surface area contributed by atoms with Crippen molar-refractivity contribution in [3.8, 4) is 0 Å². The monoisotopic (exact) mass is 195 g/mol. The molecule has 4 atom stereocenters. The molecule has 0 saturated heterocycles. The Morgan fingerprint density at radius 3 is 2.79 bits per heavy atom. The Hall–Kier alpha value is -1.03. The zero-order valence-electron chi connectivity index (χ0n) is 8.29. The summed E-state index contributed by atoms with van der Waals surface area (Å²) in [5.41, 5.74) is 8.79. The first-order valence-electron chi connectivity index (χ1n) is 4.90. The van der Waals surface area contributed by atoms with Crippen LogP contribution in [0.4, 0.5) is 10.1 Å². The van der Waals surface area contributed by atoms with Crippen LogP contribution in [-0.2, 0) is 0 Å². The van der Waals surface area contributed by atoms with Crippen molar-refractivity contribution in [3.63, 3.8) is 0 Å². The highest BCUT2D eigenvalue weighted by molar-refractivity contribution is 5.63. The zero-order chi connectivity index (χ0) is 10.0. The minimum absolute atomic E-state index is 0.0191. The van der Waals surface area contributed by atoms with Gasteiger partial charge in [0, 0.05) is 35.3 Å². The molecule has 14 heavy (non-hydrogen) atoms. The molecule has 4 heteroatoms. The van der Waals surface area contributed by atoms with E-state index >= 15 is 0 Å². The highest BCUT2D eigenvalue weighted by atomic mass is 19.1. The van der Waals surface area contributed by atoms with Crippen LogP contribution in [0.15, 0.2) is 6.20 Å². The van der Waals surface area contributed by atoms with E-state index in [1.165, 1.54) is 0 Å². The number of nitrogens with two attached hydrogens (primary N) is 1. The summed E-state index contributed by atoms with van der Waals surface area (Å²) >= 11 is 0. The van der Waals surface area contributed by atoms with E-state index < -0.39 is 6.17 Å². The van der Waals surface area contributed by atoms with Crippen LogP contribution >= 0.6 is 0 Å². The average molecular weight is 195 g/mol. The third-order valence-corrected chi connectivity index (χ3v) is 3.67. The fourth-order valence-corrected chi connectivity index (χ4v) is 2.99. The summed E-state index contributed by atoms with van der Waals surface area (Å²) in [5.74, 6) is 0.399. The van der Waals surface area contributed by atoms with Gasteiger partial charge in [-0.1, -0.05) is 0 Å². The van der Waals surface area contributed by atoms with Gasteiger partial charge in [-0.15, -0.1) is 0 Å². The predicted octanol–water partition coefficient (Wildman–Crippen LogP) is 1.06. The predicted molar refractivity (Wildman–Crippen MR) is 53.1 cm³/mol. The topological polar surface area (TPSA) is 45.0 Å². The van der Waals surface area contributed by atoms with Crippen LogP contribution in [0.5, 0.6) is 0 Å². The first kappa shape index (κ1) is 8.29. The molecule has 0 bridgehead atoms. The molecule has 0 amide bonds. The average Bonchev–Trinajstić information content (AvgIpc) is 2.35. The first-order valence-corrected chi connectivity index (χ1v) is 4.90. The second-order valence-electron chi connectivity index (χ2n) is 4.52. The maximum Gasteiger partial charge on any atom is 0.125 e. The third-order valence-electron chi connectivity index (χ3n) is 3.67. The van der Waals surface area contributed by atoms with Gasteiger partial charge in [-0.2, -0.15) is 0 Å². The number of nitrogens with one attached hydrogen (secondary N) is 1. The molecule has 2 aliphatic rings. The van der Waals surface area contributed by atoms with Gasteiger partial charge in [-0.05, 0) is 14.1 Å². The lowest BCUT2D eigenvalue weighted by atomic mass is 9.54. The van der Waals surface area contributed by atoms with Crippen LogP contribution in [0.2, 0.25) is 0 Å². The summed E-state index contributed by atoms with van der Waals surface area (Å²) < 4.78 is 13.7. The summed E-state index contributed by atoms with van der Waals surface area (Å²) in [6, 6.07) is 0.0191. The van der Waals surface area contributed by atoms with Gasteiger partial charge in [-0.25, -0.2) is 4.39 Å². The Morgan fingerprint density at radius 2 is 2.14 bits per heavy atom. The summed E-state index contributed by atoms with van der Waals surface area (Å²) in [6.07, 6.45) is 1.04. The van der Waals surface area contributed by atoms with Crippen molar-refractivity contribution in [3.05, 3.63) is 17.5 Å². The fourth-order valence-electron chi connectivity index (χ4n) is 2.99. The molecule has 1 heterocycles. The number of alkyl halides is 1. The lowest BCUT2D eigenvalue weighted by Gasteiger charge is -2.57. The van der Waals surface area contributed by atoms with Crippen molar-refractivity contribution in [1.29, 1.82) is 0 Å². The van der Waals surface area contributed by atoms with Crippen molar-refractivity contribution in [2.45, 2.75) is 24.0 Å². The molecular formula is C10H14FN3. The molecule has 0 aromatic carbocycles. The number of aromatic amines is 1. The number of fused-ring (bicyclic) bond motifs is 4. The van der Waals surface area contributed by atoms with Crippen LogP contribution in [0.1, 0.15) is 23.1 Å². The van der Waals surface area contributed by atoms with E-state index in [1.807, 2.05) is 19.0 Å². The molecule has 1 fully saturated rings. The normalized spacial score (nSPS) is 38.6. The van der Waals surface area contributed by atoms with Gasteiger partial charge >= 0.3 is 0 Å². The van der Waals surface area contributed by atoms with Gasteiger partial charge in [0.1, 0.15) is 6.17 Å². The molecular weight excluding hydrogens is 181 g/mol. The van der Waals surface area contributed by atoms with Gasteiger partial charge < -0.3 is 15.6 Å².